The Morgan fingerprint density at radius 2 is 1.81 bits per heavy atom. The van der Waals surface area contributed by atoms with Gasteiger partial charge in [0.25, 0.3) is 5.91 Å². The van der Waals surface area contributed by atoms with Crippen LogP contribution < -0.4 is 5.32 Å². The van der Waals surface area contributed by atoms with Gasteiger partial charge in [0.1, 0.15) is 0 Å². The summed E-state index contributed by atoms with van der Waals surface area (Å²) in [5, 5.41) is 8.39. The quantitative estimate of drug-likeness (QED) is 0.649. The van der Waals surface area contributed by atoms with Crippen LogP contribution in [0, 0.1) is 20.8 Å². The number of anilines is 1. The molecule has 3 aromatic rings. The van der Waals surface area contributed by atoms with Crippen LogP contribution in [0.25, 0.3) is 0 Å². The number of halogens is 2. The zero-order valence-corrected chi connectivity index (χ0v) is 16.3. The lowest BCUT2D eigenvalue weighted by molar-refractivity contribution is 0.102. The molecule has 0 saturated carbocycles. The molecule has 2 aromatic carbocycles. The van der Waals surface area contributed by atoms with Gasteiger partial charge in [-0.3, -0.25) is 9.48 Å². The molecule has 3 rings (SSSR count). The molecule has 1 aromatic heterocycles. The summed E-state index contributed by atoms with van der Waals surface area (Å²) in [5.41, 5.74) is 4.55. The minimum atomic E-state index is -0.162. The summed E-state index contributed by atoms with van der Waals surface area (Å²) in [6, 6.07) is 13.1. The summed E-state index contributed by atoms with van der Waals surface area (Å²) in [7, 11) is 0. The highest BCUT2D eigenvalue weighted by Crippen LogP contribution is 2.23. The number of aryl methyl sites for hydroxylation is 3. The normalized spacial score (nSPS) is 10.8. The van der Waals surface area contributed by atoms with E-state index in [2.05, 4.69) is 10.4 Å². The van der Waals surface area contributed by atoms with Crippen LogP contribution in [0.2, 0.25) is 10.0 Å². The Morgan fingerprint density at radius 1 is 1.04 bits per heavy atom. The van der Waals surface area contributed by atoms with Crippen LogP contribution in [-0.4, -0.2) is 15.7 Å². The molecule has 0 aliphatic heterocycles. The Labute approximate surface area is 162 Å². The molecular formula is C20H19Cl2N3O. The van der Waals surface area contributed by atoms with Gasteiger partial charge in [0.2, 0.25) is 0 Å². The summed E-state index contributed by atoms with van der Waals surface area (Å²) in [6.07, 6.45) is 0. The van der Waals surface area contributed by atoms with Gasteiger partial charge in [-0.25, -0.2) is 0 Å². The number of aromatic nitrogens is 2. The predicted octanol–water partition coefficient (Wildman–Crippen LogP) is 5.42. The standard InChI is InChI=1S/C20H19Cl2N3O/c1-12-4-5-13(2)16(8-12)20(26)23-19-9-14(3)25(24-19)11-15-6-7-17(21)18(22)10-15/h4-10H,11H2,1-3H3,(H,23,24,26). The van der Waals surface area contributed by atoms with Crippen LogP contribution in [0.5, 0.6) is 0 Å². The fourth-order valence-corrected chi connectivity index (χ4v) is 3.03. The lowest BCUT2D eigenvalue weighted by atomic mass is 10.1. The molecule has 0 spiro atoms. The third-order valence-electron chi connectivity index (χ3n) is 4.18. The molecule has 0 aliphatic rings. The second-order valence-electron chi connectivity index (χ2n) is 6.35. The number of hydrogen-bond acceptors (Lipinski definition) is 2. The van der Waals surface area contributed by atoms with E-state index >= 15 is 0 Å². The van der Waals surface area contributed by atoms with Crippen molar-refractivity contribution < 1.29 is 4.79 Å². The van der Waals surface area contributed by atoms with E-state index in [0.29, 0.717) is 28.0 Å². The van der Waals surface area contributed by atoms with E-state index in [0.717, 1.165) is 22.4 Å². The Morgan fingerprint density at radius 3 is 2.54 bits per heavy atom. The fraction of sp³-hybridized carbons (Fsp3) is 0.200. The van der Waals surface area contributed by atoms with E-state index < -0.39 is 0 Å². The van der Waals surface area contributed by atoms with Crippen molar-refractivity contribution in [3.05, 3.63) is 80.5 Å². The molecule has 0 aliphatic carbocycles. The first-order chi connectivity index (χ1) is 12.3. The van der Waals surface area contributed by atoms with E-state index in [1.165, 1.54) is 0 Å². The molecule has 0 bridgehead atoms. The van der Waals surface area contributed by atoms with Crippen molar-refractivity contribution >= 4 is 34.9 Å². The maximum Gasteiger partial charge on any atom is 0.257 e. The number of nitrogens with zero attached hydrogens (tertiary/aromatic N) is 2. The van der Waals surface area contributed by atoms with Crippen LogP contribution >= 0.6 is 23.2 Å². The van der Waals surface area contributed by atoms with Crippen LogP contribution in [0.1, 0.15) is 32.7 Å². The molecule has 0 saturated heterocycles. The highest BCUT2D eigenvalue weighted by atomic mass is 35.5. The van der Waals surface area contributed by atoms with Crippen LogP contribution in [0.3, 0.4) is 0 Å². The maximum absolute atomic E-state index is 12.6. The summed E-state index contributed by atoms with van der Waals surface area (Å²) >= 11 is 12.0. The molecule has 0 radical (unpaired) electrons. The summed E-state index contributed by atoms with van der Waals surface area (Å²) in [4.78, 5) is 12.6. The second-order valence-corrected chi connectivity index (χ2v) is 7.16. The van der Waals surface area contributed by atoms with E-state index in [-0.39, 0.29) is 5.91 Å². The molecule has 1 amide bonds. The van der Waals surface area contributed by atoms with Crippen molar-refractivity contribution in [3.63, 3.8) is 0 Å². The number of hydrogen-bond donors (Lipinski definition) is 1. The maximum atomic E-state index is 12.6. The van der Waals surface area contributed by atoms with E-state index in [1.54, 1.807) is 6.07 Å². The highest BCUT2D eigenvalue weighted by Gasteiger charge is 2.13. The van der Waals surface area contributed by atoms with E-state index in [4.69, 9.17) is 23.2 Å². The fourth-order valence-electron chi connectivity index (χ4n) is 2.71. The Bertz CT molecular complexity index is 979. The SMILES string of the molecule is Cc1ccc(C)c(C(=O)Nc2cc(C)n(Cc3ccc(Cl)c(Cl)c3)n2)c1. The Balaban J connectivity index is 1.78. The minimum Gasteiger partial charge on any atom is -0.305 e. The predicted molar refractivity (Wildman–Crippen MR) is 106 cm³/mol. The van der Waals surface area contributed by atoms with Crippen LogP contribution in [0.4, 0.5) is 5.82 Å². The summed E-state index contributed by atoms with van der Waals surface area (Å²) in [5.74, 6) is 0.360. The average molecular weight is 388 g/mol. The number of rotatable bonds is 4. The monoisotopic (exact) mass is 387 g/mol. The summed E-state index contributed by atoms with van der Waals surface area (Å²) in [6.45, 7) is 6.37. The molecule has 0 unspecified atom stereocenters. The molecule has 0 fully saturated rings. The molecule has 26 heavy (non-hydrogen) atoms. The van der Waals surface area contributed by atoms with Crippen molar-refractivity contribution in [1.82, 2.24) is 9.78 Å². The van der Waals surface area contributed by atoms with Gasteiger partial charge in [0.05, 0.1) is 16.6 Å². The van der Waals surface area contributed by atoms with E-state index in [1.807, 2.05) is 61.9 Å². The van der Waals surface area contributed by atoms with Crippen LogP contribution in [0.15, 0.2) is 42.5 Å². The van der Waals surface area contributed by atoms with Crippen molar-refractivity contribution in [2.24, 2.45) is 0 Å². The van der Waals surface area contributed by atoms with Crippen molar-refractivity contribution in [2.75, 3.05) is 5.32 Å². The zero-order valence-electron chi connectivity index (χ0n) is 14.8. The molecule has 4 nitrogen and oxygen atoms in total. The Hall–Kier alpha value is -2.30. The molecular weight excluding hydrogens is 369 g/mol. The zero-order chi connectivity index (χ0) is 18.8. The van der Waals surface area contributed by atoms with Gasteiger partial charge in [-0.05, 0) is 50.1 Å². The molecule has 0 atom stereocenters. The first kappa shape index (κ1) is 18.5. The van der Waals surface area contributed by atoms with Crippen LogP contribution in [-0.2, 0) is 6.54 Å². The number of nitrogens with one attached hydrogen (secondary N) is 1. The van der Waals surface area contributed by atoms with Crippen molar-refractivity contribution in [2.45, 2.75) is 27.3 Å². The van der Waals surface area contributed by atoms with Gasteiger partial charge in [0.15, 0.2) is 5.82 Å². The molecule has 134 valence electrons. The first-order valence-corrected chi connectivity index (χ1v) is 8.96. The van der Waals surface area contributed by atoms with Gasteiger partial charge in [0, 0.05) is 17.3 Å². The second kappa shape index (κ2) is 7.52. The third-order valence-corrected chi connectivity index (χ3v) is 4.92. The summed E-state index contributed by atoms with van der Waals surface area (Å²) < 4.78 is 1.82. The van der Waals surface area contributed by atoms with Gasteiger partial charge in [-0.15, -0.1) is 0 Å². The Kier molecular flexibility index (Phi) is 5.35. The van der Waals surface area contributed by atoms with Gasteiger partial charge < -0.3 is 5.32 Å². The van der Waals surface area contributed by atoms with Crippen molar-refractivity contribution in [3.8, 4) is 0 Å². The van der Waals surface area contributed by atoms with E-state index in [9.17, 15) is 4.79 Å². The largest absolute Gasteiger partial charge is 0.305 e. The first-order valence-electron chi connectivity index (χ1n) is 8.20. The molecule has 6 heteroatoms. The highest BCUT2D eigenvalue weighted by molar-refractivity contribution is 6.42. The lowest BCUT2D eigenvalue weighted by Crippen LogP contribution is -2.14. The lowest BCUT2D eigenvalue weighted by Gasteiger charge is -2.07. The molecule has 1 heterocycles. The number of amides is 1. The smallest absolute Gasteiger partial charge is 0.257 e. The van der Waals surface area contributed by atoms with Crippen molar-refractivity contribution in [1.29, 1.82) is 0 Å². The van der Waals surface area contributed by atoms with Gasteiger partial charge >= 0.3 is 0 Å². The van der Waals surface area contributed by atoms with Gasteiger partial charge in [-0.1, -0.05) is 47.0 Å². The number of carbonyl (C=O) groups excluding carboxylic acids is 1. The number of carbonyl (C=O) groups is 1. The third kappa shape index (κ3) is 4.09. The molecule has 1 N–H and O–H groups in total. The van der Waals surface area contributed by atoms with Gasteiger partial charge in [-0.2, -0.15) is 5.10 Å². The number of benzene rings is 2. The topological polar surface area (TPSA) is 46.9 Å². The average Bonchev–Trinajstić information content (AvgIpc) is 2.92. The minimum absolute atomic E-state index is 0.162.